The molecule has 3 heterocycles. The first kappa shape index (κ1) is 15.6. The number of urea groups is 1. The summed E-state index contributed by atoms with van der Waals surface area (Å²) in [7, 11) is 2.19. The second-order valence-corrected chi connectivity index (χ2v) is 7.32. The number of carbonyl (C=O) groups is 1. The van der Waals surface area contributed by atoms with Gasteiger partial charge in [-0.25, -0.2) is 9.78 Å². The molecule has 1 aromatic rings. The SMILES string of the molecule is CCSc1ccc(NC(=O)N2CCC3CCC(C2)N3C)cn1. The molecular weight excluding hydrogens is 296 g/mol. The van der Waals surface area contributed by atoms with E-state index in [0.717, 1.165) is 36.0 Å². The minimum absolute atomic E-state index is 0.00126. The Morgan fingerprint density at radius 3 is 2.91 bits per heavy atom. The second kappa shape index (κ2) is 6.87. The van der Waals surface area contributed by atoms with Gasteiger partial charge >= 0.3 is 6.03 Å². The smallest absolute Gasteiger partial charge is 0.321 e. The molecule has 2 amide bonds. The number of fused-ring (bicyclic) bond motifs is 2. The molecule has 2 unspecified atom stereocenters. The minimum atomic E-state index is -0.00126. The van der Waals surface area contributed by atoms with Gasteiger partial charge in [-0.15, -0.1) is 11.8 Å². The summed E-state index contributed by atoms with van der Waals surface area (Å²) in [6.07, 6.45) is 5.29. The Bertz CT molecular complexity index is 521. The molecule has 1 aromatic heterocycles. The van der Waals surface area contributed by atoms with Crippen molar-refractivity contribution in [2.24, 2.45) is 0 Å². The van der Waals surface area contributed by atoms with E-state index in [0.29, 0.717) is 12.1 Å². The number of rotatable bonds is 3. The van der Waals surface area contributed by atoms with Crippen LogP contribution in [0, 0.1) is 0 Å². The molecule has 2 fully saturated rings. The van der Waals surface area contributed by atoms with Crippen molar-refractivity contribution < 1.29 is 4.79 Å². The van der Waals surface area contributed by atoms with Gasteiger partial charge in [-0.3, -0.25) is 4.90 Å². The summed E-state index contributed by atoms with van der Waals surface area (Å²) in [4.78, 5) is 21.2. The summed E-state index contributed by atoms with van der Waals surface area (Å²) < 4.78 is 0. The van der Waals surface area contributed by atoms with Crippen LogP contribution in [0.15, 0.2) is 23.4 Å². The first-order valence-electron chi connectivity index (χ1n) is 8.04. The summed E-state index contributed by atoms with van der Waals surface area (Å²) in [5, 5.41) is 3.97. The molecular formula is C16H24N4OS. The Hall–Kier alpha value is -1.27. The lowest BCUT2D eigenvalue weighted by atomic mass is 10.1. The Morgan fingerprint density at radius 1 is 1.36 bits per heavy atom. The predicted molar refractivity (Wildman–Crippen MR) is 90.4 cm³/mol. The first-order valence-corrected chi connectivity index (χ1v) is 9.02. The van der Waals surface area contributed by atoms with Crippen LogP contribution < -0.4 is 5.32 Å². The number of amides is 2. The van der Waals surface area contributed by atoms with Crippen LogP contribution in [0.4, 0.5) is 10.5 Å². The number of pyridine rings is 1. The van der Waals surface area contributed by atoms with Crippen LogP contribution >= 0.6 is 11.8 Å². The van der Waals surface area contributed by atoms with Crippen molar-refractivity contribution in [2.45, 2.75) is 43.3 Å². The van der Waals surface area contributed by atoms with Crippen LogP contribution in [0.1, 0.15) is 26.2 Å². The molecule has 0 radical (unpaired) electrons. The van der Waals surface area contributed by atoms with Gasteiger partial charge < -0.3 is 10.2 Å². The zero-order valence-corrected chi connectivity index (χ0v) is 14.1. The normalized spacial score (nSPS) is 25.1. The van der Waals surface area contributed by atoms with Gasteiger partial charge in [-0.05, 0) is 44.2 Å². The molecule has 120 valence electrons. The first-order chi connectivity index (χ1) is 10.7. The Balaban J connectivity index is 1.59. The summed E-state index contributed by atoms with van der Waals surface area (Å²) in [6, 6.07) is 5.05. The molecule has 0 aliphatic carbocycles. The van der Waals surface area contributed by atoms with Crippen LogP contribution in [0.25, 0.3) is 0 Å². The number of hydrogen-bond donors (Lipinski definition) is 1. The standard InChI is InChI=1S/C16H24N4OS/c1-3-22-15-7-4-12(10-17-15)18-16(21)20-9-8-13-5-6-14(11-20)19(13)2/h4,7,10,13-14H,3,5-6,8-9,11H2,1-2H3,(H,18,21). The monoisotopic (exact) mass is 320 g/mol. The highest BCUT2D eigenvalue weighted by atomic mass is 32.2. The van der Waals surface area contributed by atoms with Gasteiger partial charge in [-0.1, -0.05) is 6.92 Å². The number of carbonyl (C=O) groups excluding carboxylic acids is 1. The molecule has 3 rings (SSSR count). The molecule has 1 N–H and O–H groups in total. The van der Waals surface area contributed by atoms with Crippen molar-refractivity contribution in [2.75, 3.05) is 31.2 Å². The highest BCUT2D eigenvalue weighted by Crippen LogP contribution is 2.28. The van der Waals surface area contributed by atoms with Crippen LogP contribution in [0.3, 0.4) is 0 Å². The fourth-order valence-electron chi connectivity index (χ4n) is 3.38. The molecule has 0 aromatic carbocycles. The van der Waals surface area contributed by atoms with E-state index < -0.39 is 0 Å². The number of thioether (sulfide) groups is 1. The van der Waals surface area contributed by atoms with Gasteiger partial charge in [0.15, 0.2) is 0 Å². The maximum absolute atomic E-state index is 12.5. The lowest BCUT2D eigenvalue weighted by molar-refractivity contribution is 0.200. The van der Waals surface area contributed by atoms with Gasteiger partial charge in [0, 0.05) is 25.2 Å². The number of aromatic nitrogens is 1. The van der Waals surface area contributed by atoms with Gasteiger partial charge in [0.1, 0.15) is 0 Å². The van der Waals surface area contributed by atoms with Crippen LogP contribution in [0.2, 0.25) is 0 Å². The fraction of sp³-hybridized carbons (Fsp3) is 0.625. The van der Waals surface area contributed by atoms with Crippen molar-refractivity contribution in [1.82, 2.24) is 14.8 Å². The molecule has 2 saturated heterocycles. The van der Waals surface area contributed by atoms with E-state index in [2.05, 4.69) is 29.2 Å². The summed E-state index contributed by atoms with van der Waals surface area (Å²) >= 11 is 1.70. The Labute approximate surface area is 136 Å². The quantitative estimate of drug-likeness (QED) is 0.870. The van der Waals surface area contributed by atoms with Crippen molar-refractivity contribution in [3.05, 3.63) is 18.3 Å². The molecule has 2 aliphatic rings. The zero-order chi connectivity index (χ0) is 15.5. The third kappa shape index (κ3) is 3.38. The summed E-state index contributed by atoms with van der Waals surface area (Å²) in [6.45, 7) is 3.77. The Kier molecular flexibility index (Phi) is 4.88. The van der Waals surface area contributed by atoms with E-state index in [1.165, 1.54) is 12.8 Å². The number of hydrogen-bond acceptors (Lipinski definition) is 4. The number of nitrogens with one attached hydrogen (secondary N) is 1. The topological polar surface area (TPSA) is 48.5 Å². The highest BCUT2D eigenvalue weighted by Gasteiger charge is 2.35. The largest absolute Gasteiger partial charge is 0.323 e. The zero-order valence-electron chi connectivity index (χ0n) is 13.3. The maximum Gasteiger partial charge on any atom is 0.321 e. The molecule has 2 atom stereocenters. The molecule has 6 heteroatoms. The third-order valence-electron chi connectivity index (χ3n) is 4.72. The number of likely N-dealkylation sites (tertiary alicyclic amines) is 1. The van der Waals surface area contributed by atoms with Gasteiger partial charge in [0.05, 0.1) is 16.9 Å². The number of anilines is 1. The Morgan fingerprint density at radius 2 is 2.18 bits per heavy atom. The maximum atomic E-state index is 12.5. The molecule has 0 saturated carbocycles. The molecule has 22 heavy (non-hydrogen) atoms. The van der Waals surface area contributed by atoms with E-state index in [1.807, 2.05) is 17.0 Å². The van der Waals surface area contributed by atoms with Crippen molar-refractivity contribution in [3.8, 4) is 0 Å². The van der Waals surface area contributed by atoms with Crippen LogP contribution in [0.5, 0.6) is 0 Å². The van der Waals surface area contributed by atoms with Gasteiger partial charge in [0.25, 0.3) is 0 Å². The minimum Gasteiger partial charge on any atom is -0.323 e. The van der Waals surface area contributed by atoms with Gasteiger partial charge in [0.2, 0.25) is 0 Å². The van der Waals surface area contributed by atoms with E-state index in [-0.39, 0.29) is 6.03 Å². The number of likely N-dealkylation sites (N-methyl/N-ethyl adjacent to an activating group) is 1. The van der Waals surface area contributed by atoms with E-state index in [9.17, 15) is 4.79 Å². The van der Waals surface area contributed by atoms with E-state index >= 15 is 0 Å². The van der Waals surface area contributed by atoms with Gasteiger partial charge in [-0.2, -0.15) is 0 Å². The lowest BCUT2D eigenvalue weighted by Crippen LogP contribution is -2.41. The number of nitrogens with zero attached hydrogens (tertiary/aromatic N) is 3. The average Bonchev–Trinajstić information content (AvgIpc) is 2.74. The fourth-order valence-corrected chi connectivity index (χ4v) is 3.97. The summed E-state index contributed by atoms with van der Waals surface area (Å²) in [5.41, 5.74) is 0.771. The second-order valence-electron chi connectivity index (χ2n) is 6.03. The van der Waals surface area contributed by atoms with Crippen molar-refractivity contribution in [1.29, 1.82) is 0 Å². The van der Waals surface area contributed by atoms with Crippen LogP contribution in [-0.4, -0.2) is 58.8 Å². The van der Waals surface area contributed by atoms with E-state index in [1.54, 1.807) is 18.0 Å². The predicted octanol–water partition coefficient (Wildman–Crippen LogP) is 2.89. The van der Waals surface area contributed by atoms with Crippen LogP contribution in [-0.2, 0) is 0 Å². The molecule has 5 nitrogen and oxygen atoms in total. The van der Waals surface area contributed by atoms with E-state index in [4.69, 9.17) is 0 Å². The van der Waals surface area contributed by atoms with Crippen molar-refractivity contribution in [3.63, 3.8) is 0 Å². The van der Waals surface area contributed by atoms with Crippen molar-refractivity contribution >= 4 is 23.5 Å². The molecule has 2 bridgehead atoms. The average molecular weight is 320 g/mol. The lowest BCUT2D eigenvalue weighted by Gasteiger charge is -2.26. The third-order valence-corrected chi connectivity index (χ3v) is 5.54. The molecule has 0 spiro atoms. The highest BCUT2D eigenvalue weighted by molar-refractivity contribution is 7.99. The molecule has 2 aliphatic heterocycles. The summed E-state index contributed by atoms with van der Waals surface area (Å²) in [5.74, 6) is 1.00.